The van der Waals surface area contributed by atoms with Crippen LogP contribution in [0.1, 0.15) is 15.9 Å². The second kappa shape index (κ2) is 9.42. The Morgan fingerprint density at radius 3 is 1.85 bits per heavy atom. The van der Waals surface area contributed by atoms with E-state index >= 15 is 0 Å². The number of methoxy groups -OCH3 is 5. The van der Waals surface area contributed by atoms with Gasteiger partial charge >= 0.3 is 0 Å². The van der Waals surface area contributed by atoms with E-state index in [-0.39, 0.29) is 5.78 Å². The Hall–Kier alpha value is -3.71. The number of carbonyl (C=O) groups is 1. The number of rotatable bonds is 8. The molecule has 33 heavy (non-hydrogen) atoms. The Kier molecular flexibility index (Phi) is 6.42. The molecule has 1 aromatic heterocycles. The van der Waals surface area contributed by atoms with Crippen LogP contribution in [0.3, 0.4) is 0 Å². The number of hydrogen-bond donors (Lipinski definition) is 0. The first kappa shape index (κ1) is 22.5. The van der Waals surface area contributed by atoms with Crippen molar-refractivity contribution in [3.05, 3.63) is 65.7 Å². The number of benzene rings is 3. The predicted molar refractivity (Wildman–Crippen MR) is 130 cm³/mol. The molecule has 7 heteroatoms. The van der Waals surface area contributed by atoms with Crippen LogP contribution in [0.25, 0.3) is 20.5 Å². The molecular formula is C26H24O6S. The maximum absolute atomic E-state index is 14.0. The molecule has 0 amide bonds. The zero-order valence-electron chi connectivity index (χ0n) is 19.1. The molecule has 6 nitrogen and oxygen atoms in total. The summed E-state index contributed by atoms with van der Waals surface area (Å²) in [6.07, 6.45) is 0. The van der Waals surface area contributed by atoms with Crippen LogP contribution in [0.2, 0.25) is 0 Å². The summed E-state index contributed by atoms with van der Waals surface area (Å²) in [4.78, 5) is 14.8. The molecule has 0 aliphatic heterocycles. The van der Waals surface area contributed by atoms with E-state index in [9.17, 15) is 4.79 Å². The van der Waals surface area contributed by atoms with Gasteiger partial charge in [0.05, 0.1) is 35.5 Å². The highest BCUT2D eigenvalue weighted by atomic mass is 32.1. The number of thiophene rings is 1. The molecular weight excluding hydrogens is 440 g/mol. The average Bonchev–Trinajstić information content (AvgIpc) is 3.25. The van der Waals surface area contributed by atoms with Gasteiger partial charge in [-0.3, -0.25) is 4.79 Å². The Labute approximate surface area is 196 Å². The van der Waals surface area contributed by atoms with Gasteiger partial charge in [0.1, 0.15) is 11.5 Å². The van der Waals surface area contributed by atoms with Gasteiger partial charge in [0.15, 0.2) is 17.3 Å². The predicted octanol–water partition coefficient (Wildman–Crippen LogP) is 5.84. The van der Waals surface area contributed by atoms with Crippen LogP contribution in [-0.2, 0) is 0 Å². The molecule has 0 atom stereocenters. The minimum Gasteiger partial charge on any atom is -0.497 e. The Morgan fingerprint density at radius 1 is 0.697 bits per heavy atom. The molecule has 0 bridgehead atoms. The van der Waals surface area contributed by atoms with E-state index in [4.69, 9.17) is 23.7 Å². The van der Waals surface area contributed by atoms with Gasteiger partial charge in [-0.1, -0.05) is 0 Å². The van der Waals surface area contributed by atoms with E-state index < -0.39 is 0 Å². The van der Waals surface area contributed by atoms with Crippen molar-refractivity contribution in [3.8, 4) is 39.2 Å². The van der Waals surface area contributed by atoms with Crippen molar-refractivity contribution in [1.29, 1.82) is 0 Å². The van der Waals surface area contributed by atoms with Gasteiger partial charge in [-0.05, 0) is 60.2 Å². The topological polar surface area (TPSA) is 63.2 Å². The molecule has 4 rings (SSSR count). The highest BCUT2D eigenvalue weighted by Gasteiger charge is 2.25. The van der Waals surface area contributed by atoms with E-state index in [1.165, 1.54) is 21.3 Å². The minimum atomic E-state index is -0.153. The first-order valence-electron chi connectivity index (χ1n) is 10.1. The molecule has 0 radical (unpaired) electrons. The molecule has 0 aliphatic rings. The largest absolute Gasteiger partial charge is 0.497 e. The van der Waals surface area contributed by atoms with Crippen molar-refractivity contribution in [1.82, 2.24) is 0 Å². The van der Waals surface area contributed by atoms with E-state index in [1.807, 2.05) is 42.5 Å². The van der Waals surface area contributed by atoms with Crippen LogP contribution in [0.15, 0.2) is 54.6 Å². The van der Waals surface area contributed by atoms with Crippen LogP contribution in [0.5, 0.6) is 28.7 Å². The summed E-state index contributed by atoms with van der Waals surface area (Å²) in [5.41, 5.74) is 1.95. The summed E-state index contributed by atoms with van der Waals surface area (Å²) in [6.45, 7) is 0. The standard InChI is InChI=1S/C26H24O6S/c1-28-17-8-6-15(7-9-17)26-23(19-14-18(29-2)10-11-22(19)33-26)24(27)16-12-20(30-3)25(32-5)21(13-16)31-4/h6-14H,1-5H3. The van der Waals surface area contributed by atoms with Gasteiger partial charge in [-0.2, -0.15) is 0 Å². The normalized spacial score (nSPS) is 10.7. The summed E-state index contributed by atoms with van der Waals surface area (Å²) in [5, 5.41) is 0.823. The second-order valence-electron chi connectivity index (χ2n) is 7.14. The first-order valence-corrected chi connectivity index (χ1v) is 11.0. The number of fused-ring (bicyclic) bond motifs is 1. The molecule has 0 saturated heterocycles. The average molecular weight is 465 g/mol. The SMILES string of the molecule is COc1ccc(-c2sc3ccc(OC)cc3c2C(=O)c2cc(OC)c(OC)c(OC)c2)cc1. The summed E-state index contributed by atoms with van der Waals surface area (Å²) < 4.78 is 28.0. The summed E-state index contributed by atoms with van der Waals surface area (Å²) in [6, 6.07) is 16.8. The van der Waals surface area contributed by atoms with E-state index in [0.717, 1.165) is 26.3 Å². The first-order chi connectivity index (χ1) is 16.0. The van der Waals surface area contributed by atoms with Crippen molar-refractivity contribution < 1.29 is 28.5 Å². The van der Waals surface area contributed by atoms with Crippen molar-refractivity contribution in [2.45, 2.75) is 0 Å². The number of ketones is 1. The highest BCUT2D eigenvalue weighted by Crippen LogP contribution is 2.44. The fourth-order valence-corrected chi connectivity index (χ4v) is 4.92. The van der Waals surface area contributed by atoms with Crippen molar-refractivity contribution in [2.24, 2.45) is 0 Å². The van der Waals surface area contributed by atoms with Gasteiger partial charge in [-0.25, -0.2) is 0 Å². The lowest BCUT2D eigenvalue weighted by Gasteiger charge is -2.14. The fraction of sp³-hybridized carbons (Fsp3) is 0.192. The van der Waals surface area contributed by atoms with Gasteiger partial charge in [0, 0.05) is 26.1 Å². The summed E-state index contributed by atoms with van der Waals surface area (Å²) in [5.74, 6) is 2.55. The molecule has 0 N–H and O–H groups in total. The molecule has 0 spiro atoms. The smallest absolute Gasteiger partial charge is 0.203 e. The van der Waals surface area contributed by atoms with Crippen LogP contribution in [-0.4, -0.2) is 41.3 Å². The lowest BCUT2D eigenvalue weighted by atomic mass is 9.97. The van der Waals surface area contributed by atoms with E-state index in [0.29, 0.717) is 34.1 Å². The molecule has 170 valence electrons. The van der Waals surface area contributed by atoms with Crippen molar-refractivity contribution in [2.75, 3.05) is 35.5 Å². The zero-order valence-corrected chi connectivity index (χ0v) is 19.9. The fourth-order valence-electron chi connectivity index (χ4n) is 3.73. The van der Waals surface area contributed by atoms with Crippen molar-refractivity contribution >= 4 is 27.2 Å². The molecule has 1 heterocycles. The lowest BCUT2D eigenvalue weighted by Crippen LogP contribution is -2.05. The van der Waals surface area contributed by atoms with Gasteiger partial charge in [-0.15, -0.1) is 11.3 Å². The van der Waals surface area contributed by atoms with E-state index in [1.54, 1.807) is 37.7 Å². The highest BCUT2D eigenvalue weighted by molar-refractivity contribution is 7.22. The molecule has 0 aliphatic carbocycles. The monoisotopic (exact) mass is 464 g/mol. The minimum absolute atomic E-state index is 0.153. The Morgan fingerprint density at radius 2 is 1.30 bits per heavy atom. The Bertz CT molecular complexity index is 1280. The van der Waals surface area contributed by atoms with Gasteiger partial charge in [0.25, 0.3) is 0 Å². The third-order valence-electron chi connectivity index (χ3n) is 5.40. The zero-order chi connectivity index (χ0) is 23.5. The molecule has 3 aromatic carbocycles. The van der Waals surface area contributed by atoms with Crippen LogP contribution < -0.4 is 23.7 Å². The summed E-state index contributed by atoms with van der Waals surface area (Å²) >= 11 is 1.56. The Balaban J connectivity index is 1.96. The number of carbonyl (C=O) groups excluding carboxylic acids is 1. The maximum Gasteiger partial charge on any atom is 0.203 e. The molecule has 0 fully saturated rings. The van der Waals surface area contributed by atoms with Gasteiger partial charge in [0.2, 0.25) is 5.75 Å². The lowest BCUT2D eigenvalue weighted by molar-refractivity contribution is 0.104. The summed E-state index contributed by atoms with van der Waals surface area (Å²) in [7, 11) is 7.82. The third kappa shape index (κ3) is 4.07. The molecule has 0 unspecified atom stereocenters. The van der Waals surface area contributed by atoms with E-state index in [2.05, 4.69) is 0 Å². The number of hydrogen-bond acceptors (Lipinski definition) is 7. The van der Waals surface area contributed by atoms with Gasteiger partial charge < -0.3 is 23.7 Å². The quantitative estimate of drug-likeness (QED) is 0.305. The number of ether oxygens (including phenoxy) is 5. The van der Waals surface area contributed by atoms with Crippen LogP contribution in [0, 0.1) is 0 Å². The van der Waals surface area contributed by atoms with Crippen LogP contribution in [0.4, 0.5) is 0 Å². The van der Waals surface area contributed by atoms with Crippen LogP contribution >= 0.6 is 11.3 Å². The third-order valence-corrected chi connectivity index (χ3v) is 6.62. The molecule has 0 saturated carbocycles. The maximum atomic E-state index is 14.0. The molecule has 4 aromatic rings. The second-order valence-corrected chi connectivity index (χ2v) is 8.19. The van der Waals surface area contributed by atoms with Crippen molar-refractivity contribution in [3.63, 3.8) is 0 Å².